The average Bonchev–Trinajstić information content (AvgIpc) is 2.54. The molecule has 1 N–H and O–H groups in total. The van der Waals surface area contributed by atoms with E-state index in [0.717, 1.165) is 0 Å². The van der Waals surface area contributed by atoms with Crippen LogP contribution in [0.2, 0.25) is 5.02 Å². The second-order valence-corrected chi connectivity index (χ2v) is 6.57. The first-order valence-electron chi connectivity index (χ1n) is 8.05. The predicted molar refractivity (Wildman–Crippen MR) is 93.6 cm³/mol. The molecule has 24 heavy (non-hydrogen) atoms. The highest BCUT2D eigenvalue weighted by atomic mass is 35.5. The number of benzene rings is 1. The molecule has 1 saturated heterocycles. The Morgan fingerprint density at radius 3 is 2.50 bits per heavy atom. The first-order chi connectivity index (χ1) is 11.4. The Hall–Kier alpha value is -1.79. The highest BCUT2D eigenvalue weighted by Crippen LogP contribution is 2.24. The summed E-state index contributed by atoms with van der Waals surface area (Å²) >= 11 is 5.94. The third-order valence-corrected chi connectivity index (χ3v) is 4.11. The summed E-state index contributed by atoms with van der Waals surface area (Å²) in [5, 5.41) is 3.41. The highest BCUT2D eigenvalue weighted by molar-refractivity contribution is 6.30. The minimum absolute atomic E-state index is 0.0177. The summed E-state index contributed by atoms with van der Waals surface area (Å²) in [7, 11) is 1.52. The summed E-state index contributed by atoms with van der Waals surface area (Å²) in [6.45, 7) is 6.76. The van der Waals surface area contributed by atoms with E-state index in [4.69, 9.17) is 16.3 Å². The maximum absolute atomic E-state index is 12.7. The monoisotopic (exact) mass is 353 g/mol. The van der Waals surface area contributed by atoms with Gasteiger partial charge in [0, 0.05) is 37.2 Å². The van der Waals surface area contributed by atoms with Gasteiger partial charge in [-0.3, -0.25) is 14.5 Å². The Morgan fingerprint density at radius 2 is 1.92 bits per heavy atom. The van der Waals surface area contributed by atoms with E-state index in [1.807, 2.05) is 13.8 Å². The van der Waals surface area contributed by atoms with Gasteiger partial charge in [0.25, 0.3) is 5.91 Å². The van der Waals surface area contributed by atoms with Gasteiger partial charge >= 0.3 is 0 Å². The summed E-state index contributed by atoms with van der Waals surface area (Å²) in [4.78, 5) is 28.3. The van der Waals surface area contributed by atoms with Crippen LogP contribution in [0.25, 0.3) is 0 Å². The average molecular weight is 354 g/mol. The minimum atomic E-state index is -0.0743. The number of hydrogen-bond donors (Lipinski definition) is 1. The Morgan fingerprint density at radius 1 is 1.25 bits per heavy atom. The van der Waals surface area contributed by atoms with Gasteiger partial charge in [0.2, 0.25) is 5.91 Å². The zero-order valence-corrected chi connectivity index (χ0v) is 15.1. The van der Waals surface area contributed by atoms with Crippen LogP contribution in [0.15, 0.2) is 18.2 Å². The van der Waals surface area contributed by atoms with Gasteiger partial charge in [0.1, 0.15) is 5.75 Å². The van der Waals surface area contributed by atoms with Crippen LogP contribution in [0.3, 0.4) is 0 Å². The van der Waals surface area contributed by atoms with Crippen LogP contribution in [0.4, 0.5) is 0 Å². The summed E-state index contributed by atoms with van der Waals surface area (Å²) < 4.78 is 5.25. The van der Waals surface area contributed by atoms with Crippen molar-refractivity contribution < 1.29 is 14.3 Å². The summed E-state index contributed by atoms with van der Waals surface area (Å²) in [6.07, 6.45) is 0. The topological polar surface area (TPSA) is 61.9 Å². The number of carbonyl (C=O) groups is 2. The van der Waals surface area contributed by atoms with Crippen molar-refractivity contribution in [2.75, 3.05) is 39.8 Å². The van der Waals surface area contributed by atoms with Crippen molar-refractivity contribution >= 4 is 23.4 Å². The van der Waals surface area contributed by atoms with Gasteiger partial charge in [0.05, 0.1) is 19.2 Å². The lowest BCUT2D eigenvalue weighted by molar-refractivity contribution is -0.123. The van der Waals surface area contributed by atoms with Crippen molar-refractivity contribution in [1.29, 1.82) is 0 Å². The number of methoxy groups -OCH3 is 1. The molecule has 7 heteroatoms. The van der Waals surface area contributed by atoms with Crippen LogP contribution in [0, 0.1) is 0 Å². The van der Waals surface area contributed by atoms with Crippen LogP contribution in [0.5, 0.6) is 5.75 Å². The number of nitrogens with zero attached hydrogens (tertiary/aromatic N) is 2. The van der Waals surface area contributed by atoms with E-state index in [9.17, 15) is 9.59 Å². The van der Waals surface area contributed by atoms with Gasteiger partial charge in [-0.1, -0.05) is 11.6 Å². The van der Waals surface area contributed by atoms with Crippen molar-refractivity contribution in [2.24, 2.45) is 0 Å². The molecular formula is C17H24ClN3O3. The maximum atomic E-state index is 12.7. The second kappa shape index (κ2) is 8.35. The zero-order valence-electron chi connectivity index (χ0n) is 14.3. The molecule has 1 fully saturated rings. The molecule has 1 heterocycles. The number of ether oxygens (including phenoxy) is 1. The molecule has 0 saturated carbocycles. The Balaban J connectivity index is 1.92. The molecule has 0 spiro atoms. The zero-order chi connectivity index (χ0) is 17.7. The standard InChI is InChI=1S/C17H24ClN3O3/c1-12(2)19-16(22)11-20-6-8-21(9-7-20)17(23)14-5-4-13(18)10-15(14)24-3/h4-5,10,12H,6-9,11H2,1-3H3,(H,19,22). The van der Waals surface area contributed by atoms with E-state index in [-0.39, 0.29) is 17.9 Å². The largest absolute Gasteiger partial charge is 0.496 e. The van der Waals surface area contributed by atoms with E-state index in [0.29, 0.717) is 49.1 Å². The summed E-state index contributed by atoms with van der Waals surface area (Å²) in [6, 6.07) is 5.15. The highest BCUT2D eigenvalue weighted by Gasteiger charge is 2.25. The molecule has 6 nitrogen and oxygen atoms in total. The van der Waals surface area contributed by atoms with Crippen LogP contribution in [-0.2, 0) is 4.79 Å². The fourth-order valence-corrected chi connectivity index (χ4v) is 2.85. The SMILES string of the molecule is COc1cc(Cl)ccc1C(=O)N1CCN(CC(=O)NC(C)C)CC1. The smallest absolute Gasteiger partial charge is 0.257 e. The minimum Gasteiger partial charge on any atom is -0.496 e. The van der Waals surface area contributed by atoms with Gasteiger partial charge < -0.3 is 15.0 Å². The first kappa shape index (κ1) is 18.5. The van der Waals surface area contributed by atoms with Crippen molar-refractivity contribution in [3.05, 3.63) is 28.8 Å². The quantitative estimate of drug-likeness (QED) is 0.874. The molecule has 0 aromatic heterocycles. The molecular weight excluding hydrogens is 330 g/mol. The van der Waals surface area contributed by atoms with Gasteiger partial charge in [0.15, 0.2) is 0 Å². The molecule has 0 aliphatic carbocycles. The van der Waals surface area contributed by atoms with Crippen molar-refractivity contribution in [3.8, 4) is 5.75 Å². The number of rotatable bonds is 5. The summed E-state index contributed by atoms with van der Waals surface area (Å²) in [5.74, 6) is 0.421. The maximum Gasteiger partial charge on any atom is 0.257 e. The molecule has 0 radical (unpaired) electrons. The lowest BCUT2D eigenvalue weighted by atomic mass is 10.1. The molecule has 132 valence electrons. The molecule has 0 atom stereocenters. The summed E-state index contributed by atoms with van der Waals surface area (Å²) in [5.41, 5.74) is 0.507. The lowest BCUT2D eigenvalue weighted by Crippen LogP contribution is -2.51. The molecule has 1 aromatic rings. The molecule has 0 unspecified atom stereocenters. The number of carbonyl (C=O) groups excluding carboxylic acids is 2. The van der Waals surface area contributed by atoms with Gasteiger partial charge in [-0.05, 0) is 32.0 Å². The van der Waals surface area contributed by atoms with Gasteiger partial charge in [-0.15, -0.1) is 0 Å². The van der Waals surface area contributed by atoms with Crippen LogP contribution in [0.1, 0.15) is 24.2 Å². The van der Waals surface area contributed by atoms with E-state index in [1.54, 1.807) is 23.1 Å². The number of hydrogen-bond acceptors (Lipinski definition) is 4. The van der Waals surface area contributed by atoms with Crippen LogP contribution >= 0.6 is 11.6 Å². The molecule has 1 aliphatic heterocycles. The van der Waals surface area contributed by atoms with Crippen molar-refractivity contribution in [1.82, 2.24) is 15.1 Å². The Bertz CT molecular complexity index is 599. The van der Waals surface area contributed by atoms with Crippen molar-refractivity contribution in [2.45, 2.75) is 19.9 Å². The molecule has 2 amide bonds. The number of halogens is 1. The van der Waals surface area contributed by atoms with E-state index < -0.39 is 0 Å². The Kier molecular flexibility index (Phi) is 6.45. The van der Waals surface area contributed by atoms with Crippen LogP contribution < -0.4 is 10.1 Å². The lowest BCUT2D eigenvalue weighted by Gasteiger charge is -2.34. The number of amides is 2. The molecule has 2 rings (SSSR count). The third kappa shape index (κ3) is 4.85. The van der Waals surface area contributed by atoms with Crippen LogP contribution in [-0.4, -0.2) is 67.5 Å². The number of piperazine rings is 1. The number of nitrogens with one attached hydrogen (secondary N) is 1. The van der Waals surface area contributed by atoms with Gasteiger partial charge in [-0.2, -0.15) is 0 Å². The van der Waals surface area contributed by atoms with E-state index in [2.05, 4.69) is 10.2 Å². The second-order valence-electron chi connectivity index (χ2n) is 6.14. The van der Waals surface area contributed by atoms with Gasteiger partial charge in [-0.25, -0.2) is 0 Å². The molecule has 1 aromatic carbocycles. The van der Waals surface area contributed by atoms with E-state index >= 15 is 0 Å². The fraction of sp³-hybridized carbons (Fsp3) is 0.529. The molecule has 1 aliphatic rings. The molecule has 0 bridgehead atoms. The normalized spacial score (nSPS) is 15.5. The van der Waals surface area contributed by atoms with E-state index in [1.165, 1.54) is 7.11 Å². The predicted octanol–water partition coefficient (Wildman–Crippen LogP) is 1.63. The van der Waals surface area contributed by atoms with Crippen molar-refractivity contribution in [3.63, 3.8) is 0 Å². The fourth-order valence-electron chi connectivity index (χ4n) is 2.69. The first-order valence-corrected chi connectivity index (χ1v) is 8.43. The third-order valence-electron chi connectivity index (χ3n) is 3.87. The Labute approximate surface area is 147 Å².